The van der Waals surface area contributed by atoms with Crippen LogP contribution in [-0.4, -0.2) is 13.2 Å². The summed E-state index contributed by atoms with van der Waals surface area (Å²) >= 11 is 0. The second kappa shape index (κ2) is 7.91. The van der Waals surface area contributed by atoms with Crippen molar-refractivity contribution in [1.82, 2.24) is 5.32 Å². The summed E-state index contributed by atoms with van der Waals surface area (Å²) in [6.07, 6.45) is 3.94. The molecule has 0 aliphatic rings. The molecule has 0 spiro atoms. The zero-order valence-corrected chi connectivity index (χ0v) is 10.9. The molecule has 0 aliphatic carbocycles. The molecule has 1 unspecified atom stereocenters. The Labute approximate surface area is 105 Å². The highest BCUT2D eigenvalue weighted by Crippen LogP contribution is 2.20. The van der Waals surface area contributed by atoms with Crippen LogP contribution < -0.4 is 10.1 Å². The molecule has 1 N–H and O–H groups in total. The maximum atomic E-state index is 5.57. The van der Waals surface area contributed by atoms with Gasteiger partial charge in [0.1, 0.15) is 5.75 Å². The lowest BCUT2D eigenvalue weighted by Crippen LogP contribution is -2.20. The maximum absolute atomic E-state index is 5.57. The second-order valence-electron chi connectivity index (χ2n) is 4.05. The van der Waals surface area contributed by atoms with Crippen molar-refractivity contribution in [1.29, 1.82) is 0 Å². The summed E-state index contributed by atoms with van der Waals surface area (Å²) in [7, 11) is 0. The first-order chi connectivity index (χ1) is 8.31. The molecule has 94 valence electrons. The predicted molar refractivity (Wildman–Crippen MR) is 73.5 cm³/mol. The fourth-order valence-electron chi connectivity index (χ4n) is 1.77. The number of benzene rings is 1. The highest BCUT2D eigenvalue weighted by atomic mass is 16.5. The predicted octanol–water partition coefficient (Wildman–Crippen LogP) is 3.70. The first-order valence-electron chi connectivity index (χ1n) is 6.38. The van der Waals surface area contributed by atoms with Crippen molar-refractivity contribution < 1.29 is 4.74 Å². The van der Waals surface area contributed by atoms with E-state index in [4.69, 9.17) is 4.74 Å². The first-order valence-corrected chi connectivity index (χ1v) is 6.38. The highest BCUT2D eigenvalue weighted by Gasteiger charge is 2.07. The van der Waals surface area contributed by atoms with Crippen LogP contribution >= 0.6 is 0 Å². The molecular formula is C15H23NO. The third-order valence-electron chi connectivity index (χ3n) is 2.61. The van der Waals surface area contributed by atoms with Gasteiger partial charge in [0, 0.05) is 6.04 Å². The molecule has 17 heavy (non-hydrogen) atoms. The van der Waals surface area contributed by atoms with Gasteiger partial charge < -0.3 is 10.1 Å². The third kappa shape index (κ3) is 4.61. The van der Waals surface area contributed by atoms with E-state index in [2.05, 4.69) is 37.9 Å². The minimum atomic E-state index is 0.359. The highest BCUT2D eigenvalue weighted by molar-refractivity contribution is 5.29. The van der Waals surface area contributed by atoms with Gasteiger partial charge >= 0.3 is 0 Å². The molecule has 0 fully saturated rings. The van der Waals surface area contributed by atoms with Crippen LogP contribution in [0.4, 0.5) is 0 Å². The summed E-state index contributed by atoms with van der Waals surface area (Å²) in [5, 5.41) is 3.45. The summed E-state index contributed by atoms with van der Waals surface area (Å²) in [5.41, 5.74) is 1.29. The van der Waals surface area contributed by atoms with E-state index >= 15 is 0 Å². The summed E-state index contributed by atoms with van der Waals surface area (Å²) in [4.78, 5) is 0. The van der Waals surface area contributed by atoms with Crippen molar-refractivity contribution in [3.05, 3.63) is 42.5 Å². The number of hydrogen-bond acceptors (Lipinski definition) is 2. The molecule has 0 aromatic heterocycles. The number of nitrogens with one attached hydrogen (secondary N) is 1. The number of rotatable bonds is 8. The van der Waals surface area contributed by atoms with E-state index in [0.717, 1.165) is 31.7 Å². The largest absolute Gasteiger partial charge is 0.494 e. The van der Waals surface area contributed by atoms with Crippen molar-refractivity contribution in [3.8, 4) is 5.75 Å². The van der Waals surface area contributed by atoms with Crippen molar-refractivity contribution in [2.75, 3.05) is 13.2 Å². The van der Waals surface area contributed by atoms with E-state index in [0.29, 0.717) is 6.04 Å². The van der Waals surface area contributed by atoms with Gasteiger partial charge in [-0.25, -0.2) is 0 Å². The van der Waals surface area contributed by atoms with E-state index in [1.807, 2.05) is 18.2 Å². The monoisotopic (exact) mass is 233 g/mol. The van der Waals surface area contributed by atoms with Gasteiger partial charge in [0.05, 0.1) is 6.61 Å². The average Bonchev–Trinajstić information content (AvgIpc) is 2.37. The normalized spacial score (nSPS) is 12.1. The molecule has 0 aliphatic heterocycles. The fraction of sp³-hybridized carbons (Fsp3) is 0.467. The zero-order valence-electron chi connectivity index (χ0n) is 10.9. The van der Waals surface area contributed by atoms with Crippen LogP contribution in [0.1, 0.15) is 38.3 Å². The SMILES string of the molecule is C=CCC(NCC)c1ccc(OCCC)cc1. The summed E-state index contributed by atoms with van der Waals surface area (Å²) in [6, 6.07) is 8.69. The van der Waals surface area contributed by atoms with Crippen LogP contribution in [0, 0.1) is 0 Å². The van der Waals surface area contributed by atoms with Crippen LogP contribution in [0.2, 0.25) is 0 Å². The Morgan fingerprint density at radius 3 is 2.53 bits per heavy atom. The summed E-state index contributed by atoms with van der Waals surface area (Å²) < 4.78 is 5.57. The molecule has 0 saturated carbocycles. The number of ether oxygens (including phenoxy) is 1. The van der Waals surface area contributed by atoms with Gasteiger partial charge in [-0.05, 0) is 37.1 Å². The first kappa shape index (κ1) is 13.8. The Morgan fingerprint density at radius 2 is 2.00 bits per heavy atom. The molecule has 0 bridgehead atoms. The van der Waals surface area contributed by atoms with Crippen LogP contribution in [0.25, 0.3) is 0 Å². The van der Waals surface area contributed by atoms with E-state index in [9.17, 15) is 0 Å². The molecule has 1 aromatic carbocycles. The molecule has 1 atom stereocenters. The van der Waals surface area contributed by atoms with Crippen molar-refractivity contribution in [2.24, 2.45) is 0 Å². The van der Waals surface area contributed by atoms with Crippen LogP contribution in [0.15, 0.2) is 36.9 Å². The molecule has 0 amide bonds. The molecule has 0 heterocycles. The molecule has 0 radical (unpaired) electrons. The smallest absolute Gasteiger partial charge is 0.119 e. The molecule has 2 nitrogen and oxygen atoms in total. The molecule has 1 rings (SSSR count). The Balaban J connectivity index is 2.66. The molecule has 2 heteroatoms. The Hall–Kier alpha value is -1.28. The van der Waals surface area contributed by atoms with Crippen molar-refractivity contribution in [2.45, 2.75) is 32.7 Å². The van der Waals surface area contributed by atoms with E-state index in [1.54, 1.807) is 0 Å². The van der Waals surface area contributed by atoms with Gasteiger partial charge in [-0.2, -0.15) is 0 Å². The van der Waals surface area contributed by atoms with Crippen LogP contribution in [0.3, 0.4) is 0 Å². The van der Waals surface area contributed by atoms with Gasteiger partial charge in [0.25, 0.3) is 0 Å². The van der Waals surface area contributed by atoms with E-state index < -0.39 is 0 Å². The standard InChI is InChI=1S/C15H23NO/c1-4-7-15(16-6-3)13-8-10-14(11-9-13)17-12-5-2/h4,8-11,15-16H,1,5-7,12H2,2-3H3. The lowest BCUT2D eigenvalue weighted by atomic mass is 10.0. The fourth-order valence-corrected chi connectivity index (χ4v) is 1.77. The Morgan fingerprint density at radius 1 is 1.29 bits per heavy atom. The second-order valence-corrected chi connectivity index (χ2v) is 4.05. The Kier molecular flexibility index (Phi) is 6.41. The number of hydrogen-bond donors (Lipinski definition) is 1. The average molecular weight is 233 g/mol. The lowest BCUT2D eigenvalue weighted by molar-refractivity contribution is 0.317. The van der Waals surface area contributed by atoms with Crippen LogP contribution in [0.5, 0.6) is 5.75 Å². The summed E-state index contributed by atoms with van der Waals surface area (Å²) in [5.74, 6) is 0.949. The topological polar surface area (TPSA) is 21.3 Å². The van der Waals surface area contributed by atoms with E-state index in [1.165, 1.54) is 5.56 Å². The summed E-state index contributed by atoms with van der Waals surface area (Å²) in [6.45, 7) is 9.78. The minimum absolute atomic E-state index is 0.359. The van der Waals surface area contributed by atoms with Gasteiger partial charge in [-0.1, -0.05) is 32.1 Å². The minimum Gasteiger partial charge on any atom is -0.494 e. The van der Waals surface area contributed by atoms with Gasteiger partial charge in [0.2, 0.25) is 0 Å². The quantitative estimate of drug-likeness (QED) is 0.691. The van der Waals surface area contributed by atoms with Crippen molar-refractivity contribution in [3.63, 3.8) is 0 Å². The van der Waals surface area contributed by atoms with E-state index in [-0.39, 0.29) is 0 Å². The van der Waals surface area contributed by atoms with Gasteiger partial charge in [0.15, 0.2) is 0 Å². The van der Waals surface area contributed by atoms with Gasteiger partial charge in [-0.3, -0.25) is 0 Å². The molecule has 1 aromatic rings. The van der Waals surface area contributed by atoms with Gasteiger partial charge in [-0.15, -0.1) is 6.58 Å². The Bertz CT molecular complexity index is 318. The zero-order chi connectivity index (χ0) is 12.5. The third-order valence-corrected chi connectivity index (χ3v) is 2.61. The molecule has 0 saturated heterocycles. The van der Waals surface area contributed by atoms with Crippen LogP contribution in [-0.2, 0) is 0 Å². The lowest BCUT2D eigenvalue weighted by Gasteiger charge is -2.17. The maximum Gasteiger partial charge on any atom is 0.119 e. The van der Waals surface area contributed by atoms with Crippen molar-refractivity contribution >= 4 is 0 Å². The molecular weight excluding hydrogens is 210 g/mol.